The zero-order valence-electron chi connectivity index (χ0n) is 62.4. The second-order valence-electron chi connectivity index (χ2n) is 25.9. The Kier molecular flexibility index (Phi) is 36.6. The molecule has 11 heterocycles. The van der Waals surface area contributed by atoms with Gasteiger partial charge in [0.2, 0.25) is 0 Å². The Morgan fingerprint density at radius 1 is 0.602 bits per heavy atom. The molecule has 0 radical (unpaired) electrons. The summed E-state index contributed by atoms with van der Waals surface area (Å²) in [6.45, 7) is 23.1. The summed E-state index contributed by atoms with van der Waals surface area (Å²) in [5, 5.41) is 8.12. The number of carbonyl (C=O) groups excluding carboxylic acids is 3. The summed E-state index contributed by atoms with van der Waals surface area (Å²) in [7, 11) is -1.00. The molecule has 0 spiro atoms. The molecule has 108 heavy (non-hydrogen) atoms. The number of rotatable bonds is 14. The average Bonchev–Trinajstić information content (AvgIpc) is 0.810. The maximum atomic E-state index is 13.7. The van der Waals surface area contributed by atoms with E-state index in [9.17, 15) is 41.9 Å². The number of aliphatic imine (C=N–C) groups is 1. The van der Waals surface area contributed by atoms with Crippen LogP contribution in [0.15, 0.2) is 123 Å². The van der Waals surface area contributed by atoms with Crippen LogP contribution in [0.5, 0.6) is 0 Å². The molecule has 4 N–H and O–H groups in total. The van der Waals surface area contributed by atoms with Crippen LogP contribution in [0.25, 0.3) is 33.5 Å². The first kappa shape index (κ1) is 87.3. The Hall–Kier alpha value is -7.93. The van der Waals surface area contributed by atoms with Gasteiger partial charge in [0, 0.05) is 82.6 Å². The maximum Gasteiger partial charge on any atom is 0.407 e. The van der Waals surface area contributed by atoms with Crippen LogP contribution in [-0.2, 0) is 42.1 Å². The zero-order valence-corrected chi connectivity index (χ0v) is 65.9. The van der Waals surface area contributed by atoms with Gasteiger partial charge in [-0.15, -0.1) is 23.2 Å². The number of Topliss-reactive ketones (excluding diaryl/α,β-unsaturated/α-hetero) is 1. The largest absolute Gasteiger partial charge is 0.444 e. The molecule has 1 amide bonds. The van der Waals surface area contributed by atoms with Gasteiger partial charge in [0.25, 0.3) is 16.7 Å². The number of hydrogen-bond acceptors (Lipinski definition) is 20. The van der Waals surface area contributed by atoms with E-state index in [1.165, 1.54) is 30.9 Å². The standard InChI is InChI=1S/C22H25ClFN5O.C19H26ClN5O3.C14H18ClN5O.C8H5ClN2O.C8H7FO.C2H6.CH2Cl2.CH3F/c1-15-2-3-16(12-18(15)24)13-25-17-6-8-28(9-7-17)10-11-29-21(30)14-26-19-4-5-20(23)27-22(19)29;1-19(2,3)28-18(27)22-13-6-8-24(9-7-13)10-11-25-16(26)12-21-14-4-5-15(20)23-17(14)25;15-12-2-1-11-14(18-12)20(13(21)9-17-11)8-7-19-5-3-10(16)4-6-19;9-8-2-1-6-7(11-8)3-5(12)4-10-6;1-6-2-3-7(5-10)4-8(6)9;1-2;2-1-3;1-2/h2-5,12,14,17,25H,6-11,13H2,1H3;4-5,12-13H,6-11H2,1-3H3,(H,22,27);1-2,9-10H,3-8,16H2;1-2,4H,3H2;2-5H,1H3;1-2H3;1H2;1H3/i;;;;;;;1D. The Bertz CT molecular complexity index is 4650. The number of halogens is 9. The Morgan fingerprint density at radius 2 is 1.00 bits per heavy atom. The van der Waals surface area contributed by atoms with Crippen LogP contribution in [0.4, 0.5) is 23.7 Å². The molecule has 3 saturated heterocycles. The molecule has 24 nitrogen and oxygen atoms in total. The lowest BCUT2D eigenvalue weighted by atomic mass is 10.0. The minimum Gasteiger partial charge on any atom is -0.444 e. The fourth-order valence-electron chi connectivity index (χ4n) is 11.5. The zero-order chi connectivity index (χ0) is 79.7. The smallest absolute Gasteiger partial charge is 0.407 e. The third-order valence-corrected chi connectivity index (χ3v) is 18.0. The number of alkyl halides is 3. The number of likely N-dealkylation sites (tertiary alicyclic amines) is 3. The molecule has 2 aromatic carbocycles. The van der Waals surface area contributed by atoms with Gasteiger partial charge in [0.1, 0.15) is 60.7 Å². The van der Waals surface area contributed by atoms with E-state index in [1.54, 1.807) is 94.3 Å². The summed E-state index contributed by atoms with van der Waals surface area (Å²) in [5.41, 5.74) is 12.4. The Labute approximate surface area is 657 Å². The van der Waals surface area contributed by atoms with E-state index in [2.05, 4.69) is 65.2 Å². The third kappa shape index (κ3) is 28.8. The van der Waals surface area contributed by atoms with E-state index in [-0.39, 0.29) is 51.6 Å². The van der Waals surface area contributed by atoms with Crippen molar-refractivity contribution in [3.63, 3.8) is 0 Å². The van der Waals surface area contributed by atoms with Gasteiger partial charge >= 0.3 is 6.09 Å². The van der Waals surface area contributed by atoms with Crippen molar-refractivity contribution in [2.24, 2.45) is 10.7 Å². The highest BCUT2D eigenvalue weighted by Gasteiger charge is 2.25. The molecule has 3 fully saturated rings. The predicted octanol–water partition coefficient (Wildman–Crippen LogP) is 13.0. The summed E-state index contributed by atoms with van der Waals surface area (Å²) in [6, 6.07) is 24.4. The van der Waals surface area contributed by atoms with Crippen LogP contribution in [0.1, 0.15) is 107 Å². The average molecular weight is 1610 g/mol. The number of amides is 1. The fraction of sp³-hybridized carbons (Fsp3) is 0.440. The summed E-state index contributed by atoms with van der Waals surface area (Å²) in [6.07, 6.45) is 11.6. The van der Waals surface area contributed by atoms with Crippen molar-refractivity contribution in [1.29, 1.82) is 0 Å². The molecule has 0 aliphatic carbocycles. The Balaban J connectivity index is 0.000000217. The van der Waals surface area contributed by atoms with Gasteiger partial charge < -0.3 is 35.8 Å². The first-order valence-corrected chi connectivity index (χ1v) is 37.6. The molecule has 0 saturated carbocycles. The number of piperidine rings is 3. The molecule has 4 aliphatic rings. The van der Waals surface area contributed by atoms with Crippen molar-refractivity contribution in [3.05, 3.63) is 195 Å². The number of carbonyl (C=O) groups is 3. The lowest BCUT2D eigenvalue weighted by molar-refractivity contribution is -0.112. The van der Waals surface area contributed by atoms with E-state index < -0.39 is 12.8 Å². The first-order valence-electron chi connectivity index (χ1n) is 35.7. The topological polar surface area (TPSA) is 289 Å². The number of pyridine rings is 4. The number of hydrogen-bond donors (Lipinski definition) is 3. The summed E-state index contributed by atoms with van der Waals surface area (Å²) < 4.78 is 52.0. The van der Waals surface area contributed by atoms with Gasteiger partial charge in [-0.1, -0.05) is 84.5 Å². The number of nitrogens with two attached hydrogens (primary N) is 1. The predicted molar refractivity (Wildman–Crippen MR) is 424 cm³/mol. The number of ether oxygens (including phenoxy) is 1. The van der Waals surface area contributed by atoms with Gasteiger partial charge in [-0.25, -0.2) is 48.5 Å². The third-order valence-electron chi connectivity index (χ3n) is 17.2. The van der Waals surface area contributed by atoms with Crippen molar-refractivity contribution >= 4 is 133 Å². The van der Waals surface area contributed by atoms with Gasteiger partial charge in [-0.05, 0) is 177 Å². The number of fused-ring (bicyclic) bond motifs is 4. The summed E-state index contributed by atoms with van der Waals surface area (Å²) in [5.74, 6) is -0.513. The molecular weight excluding hydrogens is 1520 g/mol. The van der Waals surface area contributed by atoms with Crippen LogP contribution < -0.4 is 33.0 Å². The van der Waals surface area contributed by atoms with Crippen LogP contribution in [-0.4, -0.2) is 183 Å². The monoisotopic (exact) mass is 1610 g/mol. The summed E-state index contributed by atoms with van der Waals surface area (Å²) >= 11 is 33.1. The molecule has 0 bridgehead atoms. The lowest BCUT2D eigenvalue weighted by Crippen LogP contribution is -2.46. The number of aromatic nitrogens is 10. The molecular formula is C75H92Cl6F3N17O7. The number of aryl methyl sites for hydroxylation is 2. The van der Waals surface area contributed by atoms with E-state index in [0.29, 0.717) is 134 Å². The highest BCUT2D eigenvalue weighted by molar-refractivity contribution is 6.40. The molecule has 4 aliphatic heterocycles. The van der Waals surface area contributed by atoms with Crippen molar-refractivity contribution in [1.82, 2.24) is 73.9 Å². The molecule has 13 rings (SSSR count). The molecule has 9 aromatic rings. The van der Waals surface area contributed by atoms with Crippen molar-refractivity contribution in [2.75, 3.05) is 71.4 Å². The van der Waals surface area contributed by atoms with E-state index in [0.717, 1.165) is 102 Å². The molecule has 0 unspecified atom stereocenters. The van der Waals surface area contributed by atoms with E-state index in [4.69, 9.17) is 81.4 Å². The second kappa shape index (κ2) is 45.3. The molecule has 582 valence electrons. The van der Waals surface area contributed by atoms with Gasteiger partial charge in [-0.2, -0.15) is 0 Å². The van der Waals surface area contributed by atoms with Crippen LogP contribution in [0, 0.1) is 25.5 Å². The summed E-state index contributed by atoms with van der Waals surface area (Å²) in [4.78, 5) is 110. The van der Waals surface area contributed by atoms with Crippen molar-refractivity contribution in [2.45, 2.75) is 143 Å². The van der Waals surface area contributed by atoms with Crippen LogP contribution in [0.3, 0.4) is 0 Å². The van der Waals surface area contributed by atoms with Crippen LogP contribution >= 0.6 is 69.6 Å². The minimum atomic E-state index is -1.00. The Morgan fingerprint density at radius 3 is 1.42 bits per heavy atom. The number of aldehydes is 1. The van der Waals surface area contributed by atoms with E-state index >= 15 is 0 Å². The number of alkyl carbamates (subject to hydrolysis) is 1. The molecule has 33 heteroatoms. The van der Waals surface area contributed by atoms with E-state index in [1.807, 2.05) is 46.8 Å². The molecule has 7 aromatic heterocycles. The van der Waals surface area contributed by atoms with Crippen molar-refractivity contribution < 1.29 is 33.7 Å². The maximum absolute atomic E-state index is 13.7. The fourth-order valence-corrected chi connectivity index (χ4v) is 12.1. The number of nitrogens with one attached hydrogen (secondary N) is 2. The van der Waals surface area contributed by atoms with Crippen LogP contribution in [0.2, 0.25) is 20.6 Å². The second-order valence-corrected chi connectivity index (χ2v) is 28.3. The molecule has 0 atom stereocenters. The minimum absolute atomic E-state index is 0.0303. The van der Waals surface area contributed by atoms with Gasteiger partial charge in [0.15, 0.2) is 22.7 Å². The van der Waals surface area contributed by atoms with Gasteiger partial charge in [-0.3, -0.25) is 47.1 Å². The highest BCUT2D eigenvalue weighted by atomic mass is 35.5. The number of benzene rings is 2. The normalized spacial score (nSPS) is 14.9. The first-order chi connectivity index (χ1) is 52.2. The van der Waals surface area contributed by atoms with Gasteiger partial charge in [0.05, 0.1) is 56.5 Å². The lowest BCUT2D eigenvalue weighted by Gasteiger charge is -2.32. The number of ketones is 1. The highest BCUT2D eigenvalue weighted by Crippen LogP contribution is 2.24. The van der Waals surface area contributed by atoms with Crippen molar-refractivity contribution in [3.8, 4) is 0 Å². The quantitative estimate of drug-likeness (QED) is 0.0518. The SMILES string of the molecule is CC.CC(C)(C)OC(=O)NC1CCN(CCn2c(=O)cnc3ccc(Cl)nc32)CC1.Cc1ccc(C=O)cc1F.Cc1ccc(CNC2CCN(CCn3c(=O)cnc4ccc(Cl)nc43)CC2)cc1F.ClCCl.NC1CCN(CCn2c(=O)cnc3ccc(Cl)nc32)CC1.O=C1C=Nc2ccc(Cl)nc2C1.[2H]CF. The number of nitrogens with zero attached hydrogens (tertiary/aromatic N) is 14.